The van der Waals surface area contributed by atoms with Crippen LogP contribution in [0.5, 0.6) is 0 Å². The van der Waals surface area contributed by atoms with Crippen molar-refractivity contribution in [3.05, 3.63) is 28.7 Å². The van der Waals surface area contributed by atoms with Crippen LogP contribution in [-0.4, -0.2) is 72.3 Å². The molecular formula is C16H22ClN5O4S. The van der Waals surface area contributed by atoms with Crippen molar-refractivity contribution >= 4 is 39.4 Å². The third kappa shape index (κ3) is 3.75. The van der Waals surface area contributed by atoms with E-state index in [1.54, 1.807) is 11.0 Å². The average Bonchev–Trinajstić information content (AvgIpc) is 3.29. The Morgan fingerprint density at radius 2 is 1.78 bits per heavy atom. The second-order valence-electron chi connectivity index (χ2n) is 6.66. The minimum atomic E-state index is -3.67. The molecule has 0 saturated carbocycles. The highest BCUT2D eigenvalue weighted by Crippen LogP contribution is 2.21. The zero-order valence-electron chi connectivity index (χ0n) is 14.6. The molecule has 2 aromatic rings. The monoisotopic (exact) mass is 415 g/mol. The molecular weight excluding hydrogens is 394 g/mol. The van der Waals surface area contributed by atoms with Crippen molar-refractivity contribution in [1.82, 2.24) is 24.5 Å². The second kappa shape index (κ2) is 7.63. The van der Waals surface area contributed by atoms with Gasteiger partial charge in [0, 0.05) is 26.2 Å². The van der Waals surface area contributed by atoms with Gasteiger partial charge in [0.15, 0.2) is 0 Å². The van der Waals surface area contributed by atoms with Crippen molar-refractivity contribution in [2.24, 2.45) is 0 Å². The van der Waals surface area contributed by atoms with E-state index in [-0.39, 0.29) is 48.0 Å². The van der Waals surface area contributed by atoms with Crippen LogP contribution in [0.2, 0.25) is 0 Å². The van der Waals surface area contributed by atoms with Gasteiger partial charge in [-0.2, -0.15) is 4.31 Å². The molecule has 3 N–H and O–H groups in total. The maximum Gasteiger partial charge on any atom is 0.323 e. The maximum absolute atomic E-state index is 12.9. The molecule has 1 atom stereocenters. The molecule has 2 aliphatic rings. The Balaban J connectivity index is 0.00000210. The van der Waals surface area contributed by atoms with Gasteiger partial charge in [-0.25, -0.2) is 13.2 Å². The van der Waals surface area contributed by atoms with Crippen LogP contribution in [0.25, 0.3) is 11.0 Å². The molecule has 0 aliphatic carbocycles. The fourth-order valence-electron chi connectivity index (χ4n) is 3.59. The Morgan fingerprint density at radius 3 is 2.44 bits per heavy atom. The predicted octanol–water partition coefficient (Wildman–Crippen LogP) is -0.137. The van der Waals surface area contributed by atoms with E-state index in [9.17, 15) is 18.0 Å². The van der Waals surface area contributed by atoms with Crippen molar-refractivity contribution in [2.75, 3.05) is 32.7 Å². The van der Waals surface area contributed by atoms with Crippen molar-refractivity contribution in [3.63, 3.8) is 0 Å². The SMILES string of the molecule is Cl.O=C(C1CCCN1)N1CCN(S(=O)(=O)c2ccc3[nH]c(=O)[nH]c3c2)CC1. The van der Waals surface area contributed by atoms with Crippen molar-refractivity contribution < 1.29 is 13.2 Å². The van der Waals surface area contributed by atoms with Gasteiger partial charge in [0.05, 0.1) is 22.0 Å². The zero-order valence-corrected chi connectivity index (χ0v) is 16.2. The number of aromatic nitrogens is 2. The summed E-state index contributed by atoms with van der Waals surface area (Å²) in [4.78, 5) is 30.8. The number of aromatic amines is 2. The van der Waals surface area contributed by atoms with E-state index in [1.807, 2.05) is 0 Å². The molecule has 1 amide bonds. The van der Waals surface area contributed by atoms with Gasteiger partial charge in [0.25, 0.3) is 0 Å². The first-order valence-corrected chi connectivity index (χ1v) is 10.1. The predicted molar refractivity (Wildman–Crippen MR) is 103 cm³/mol. The molecule has 2 fully saturated rings. The third-order valence-corrected chi connectivity index (χ3v) is 6.93. The van der Waals surface area contributed by atoms with Crippen molar-refractivity contribution in [2.45, 2.75) is 23.8 Å². The number of halogens is 1. The lowest BCUT2D eigenvalue weighted by atomic mass is 10.2. The molecule has 2 saturated heterocycles. The number of piperazine rings is 1. The minimum absolute atomic E-state index is 0. The number of hydrogen-bond donors (Lipinski definition) is 3. The van der Waals surface area contributed by atoms with Crippen LogP contribution < -0.4 is 11.0 Å². The largest absolute Gasteiger partial charge is 0.339 e. The molecule has 0 radical (unpaired) electrons. The molecule has 11 heteroatoms. The summed E-state index contributed by atoms with van der Waals surface area (Å²) in [6, 6.07) is 4.39. The number of carbonyl (C=O) groups is 1. The van der Waals surface area contributed by atoms with Crippen LogP contribution in [-0.2, 0) is 14.8 Å². The highest BCUT2D eigenvalue weighted by molar-refractivity contribution is 7.89. The van der Waals surface area contributed by atoms with E-state index in [4.69, 9.17) is 0 Å². The summed E-state index contributed by atoms with van der Waals surface area (Å²) in [6.07, 6.45) is 1.83. The Hall–Kier alpha value is -1.88. The first kappa shape index (κ1) is 19.9. The van der Waals surface area contributed by atoms with Crippen LogP contribution in [0, 0.1) is 0 Å². The number of hydrogen-bond acceptors (Lipinski definition) is 5. The Kier molecular flexibility index (Phi) is 5.61. The van der Waals surface area contributed by atoms with E-state index in [0.717, 1.165) is 19.4 Å². The normalized spacial score (nSPS) is 21.3. The van der Waals surface area contributed by atoms with Gasteiger partial charge in [-0.3, -0.25) is 4.79 Å². The molecule has 148 valence electrons. The van der Waals surface area contributed by atoms with E-state index in [1.165, 1.54) is 16.4 Å². The molecule has 27 heavy (non-hydrogen) atoms. The number of sulfonamides is 1. The first-order valence-electron chi connectivity index (χ1n) is 8.69. The number of carbonyl (C=O) groups excluding carboxylic acids is 1. The Labute approximate surface area is 162 Å². The molecule has 4 rings (SSSR count). The smallest absolute Gasteiger partial charge is 0.323 e. The number of amides is 1. The average molecular weight is 416 g/mol. The summed E-state index contributed by atoms with van der Waals surface area (Å²) >= 11 is 0. The van der Waals surface area contributed by atoms with E-state index < -0.39 is 10.0 Å². The third-order valence-electron chi connectivity index (χ3n) is 5.03. The lowest BCUT2D eigenvalue weighted by Crippen LogP contribution is -2.54. The van der Waals surface area contributed by atoms with E-state index in [0.29, 0.717) is 24.1 Å². The number of rotatable bonds is 3. The summed E-state index contributed by atoms with van der Waals surface area (Å²) in [7, 11) is -3.67. The highest BCUT2D eigenvalue weighted by Gasteiger charge is 2.33. The zero-order chi connectivity index (χ0) is 18.3. The molecule has 9 nitrogen and oxygen atoms in total. The van der Waals surface area contributed by atoms with Gasteiger partial charge in [0.2, 0.25) is 15.9 Å². The lowest BCUT2D eigenvalue weighted by Gasteiger charge is -2.35. The molecule has 0 bridgehead atoms. The quantitative estimate of drug-likeness (QED) is 0.645. The molecule has 2 aliphatic heterocycles. The number of imidazole rings is 1. The van der Waals surface area contributed by atoms with Gasteiger partial charge < -0.3 is 20.2 Å². The molecule has 1 aromatic carbocycles. The number of nitrogens with zero attached hydrogens (tertiary/aromatic N) is 2. The Morgan fingerprint density at radius 1 is 1.07 bits per heavy atom. The van der Waals surface area contributed by atoms with Gasteiger partial charge >= 0.3 is 5.69 Å². The summed E-state index contributed by atoms with van der Waals surface area (Å²) in [5.74, 6) is 0.0610. The number of fused-ring (bicyclic) bond motifs is 1. The molecule has 0 spiro atoms. The second-order valence-corrected chi connectivity index (χ2v) is 8.60. The highest BCUT2D eigenvalue weighted by atomic mass is 35.5. The van der Waals surface area contributed by atoms with Gasteiger partial charge in [0.1, 0.15) is 0 Å². The summed E-state index contributed by atoms with van der Waals surface area (Å²) in [5, 5.41) is 3.18. The fourth-order valence-corrected chi connectivity index (χ4v) is 5.03. The standard InChI is InChI=1S/C16H21N5O4S.ClH/c22-15(13-2-1-5-17-13)20-6-8-21(9-7-20)26(24,25)11-3-4-12-14(10-11)19-16(23)18-12;/h3-4,10,13,17H,1-2,5-9H2,(H2,18,19,23);1H. The number of benzene rings is 1. The number of nitrogens with one attached hydrogen (secondary N) is 3. The van der Waals surface area contributed by atoms with E-state index >= 15 is 0 Å². The van der Waals surface area contributed by atoms with Crippen molar-refractivity contribution in [3.8, 4) is 0 Å². The van der Waals surface area contributed by atoms with Crippen LogP contribution in [0.4, 0.5) is 0 Å². The van der Waals surface area contributed by atoms with Crippen LogP contribution in [0.15, 0.2) is 27.9 Å². The van der Waals surface area contributed by atoms with Gasteiger partial charge in [-0.15, -0.1) is 12.4 Å². The first-order chi connectivity index (χ1) is 12.4. The van der Waals surface area contributed by atoms with E-state index in [2.05, 4.69) is 15.3 Å². The summed E-state index contributed by atoms with van der Waals surface area (Å²) in [5.41, 5.74) is 0.646. The van der Waals surface area contributed by atoms with Crippen LogP contribution >= 0.6 is 12.4 Å². The number of H-pyrrole nitrogens is 2. The maximum atomic E-state index is 12.9. The molecule has 3 heterocycles. The van der Waals surface area contributed by atoms with Crippen LogP contribution in [0.3, 0.4) is 0 Å². The fraction of sp³-hybridized carbons (Fsp3) is 0.500. The topological polar surface area (TPSA) is 118 Å². The van der Waals surface area contributed by atoms with Gasteiger partial charge in [-0.1, -0.05) is 0 Å². The summed E-state index contributed by atoms with van der Waals surface area (Å²) < 4.78 is 27.2. The van der Waals surface area contributed by atoms with Gasteiger partial charge in [-0.05, 0) is 37.6 Å². The minimum Gasteiger partial charge on any atom is -0.339 e. The lowest BCUT2D eigenvalue weighted by molar-refractivity contribution is -0.134. The summed E-state index contributed by atoms with van der Waals surface area (Å²) in [6.45, 7) is 2.17. The molecule has 1 aromatic heterocycles. The van der Waals surface area contributed by atoms with Crippen LogP contribution in [0.1, 0.15) is 12.8 Å². The molecule has 1 unspecified atom stereocenters. The van der Waals surface area contributed by atoms with Crippen molar-refractivity contribution in [1.29, 1.82) is 0 Å². The Bertz CT molecular complexity index is 988.